The van der Waals surface area contributed by atoms with Gasteiger partial charge in [-0.05, 0) is 17.5 Å². The molecule has 0 saturated heterocycles. The van der Waals surface area contributed by atoms with E-state index in [9.17, 15) is 13.2 Å². The summed E-state index contributed by atoms with van der Waals surface area (Å²) in [5, 5.41) is -0.507. The third-order valence-corrected chi connectivity index (χ3v) is 6.00. The van der Waals surface area contributed by atoms with Crippen LogP contribution in [0.2, 0.25) is 0 Å². The quantitative estimate of drug-likeness (QED) is 0.766. The van der Waals surface area contributed by atoms with Gasteiger partial charge in [0, 0.05) is 17.6 Å². The molecule has 98 valence electrons. The predicted molar refractivity (Wildman–Crippen MR) is 71.4 cm³/mol. The molecule has 0 aromatic heterocycles. The van der Waals surface area contributed by atoms with Crippen molar-refractivity contribution in [3.63, 3.8) is 0 Å². The number of carbonyl (C=O) groups is 1. The van der Waals surface area contributed by atoms with Crippen LogP contribution in [-0.2, 0) is 21.1 Å². The molecule has 1 aromatic carbocycles. The number of hydrogen-bond donors (Lipinski definition) is 0. The maximum Gasteiger partial charge on any atom is 0.154 e. The summed E-state index contributed by atoms with van der Waals surface area (Å²) in [5.41, 5.74) is 2.18. The fourth-order valence-corrected chi connectivity index (χ4v) is 4.30. The van der Waals surface area contributed by atoms with Crippen LogP contribution in [0, 0.1) is 5.92 Å². The highest BCUT2D eigenvalue weighted by atomic mass is 32.2. The molecule has 0 amide bonds. The van der Waals surface area contributed by atoms with E-state index in [-0.39, 0.29) is 17.6 Å². The van der Waals surface area contributed by atoms with E-state index in [4.69, 9.17) is 0 Å². The number of rotatable bonds is 5. The molecule has 1 aliphatic rings. The smallest absolute Gasteiger partial charge is 0.154 e. The highest BCUT2D eigenvalue weighted by Crippen LogP contribution is 2.51. The third-order valence-electron chi connectivity index (χ3n) is 3.75. The Labute approximate surface area is 108 Å². The van der Waals surface area contributed by atoms with Gasteiger partial charge in [0.15, 0.2) is 9.84 Å². The van der Waals surface area contributed by atoms with Crippen LogP contribution in [0.25, 0.3) is 0 Å². The van der Waals surface area contributed by atoms with Gasteiger partial charge in [0.1, 0.15) is 6.29 Å². The fraction of sp³-hybridized carbons (Fsp3) is 0.500. The maximum atomic E-state index is 11.9. The average molecular weight is 266 g/mol. The summed E-state index contributed by atoms with van der Waals surface area (Å²) in [6.45, 7) is 3.71. The Morgan fingerprint density at radius 1 is 1.17 bits per heavy atom. The van der Waals surface area contributed by atoms with Crippen molar-refractivity contribution < 1.29 is 13.2 Å². The van der Waals surface area contributed by atoms with Crippen molar-refractivity contribution in [2.24, 2.45) is 5.92 Å². The molecule has 1 saturated carbocycles. The molecule has 1 fully saturated rings. The van der Waals surface area contributed by atoms with E-state index in [0.717, 1.165) is 18.3 Å². The Hall–Kier alpha value is -1.16. The molecular weight excluding hydrogens is 248 g/mol. The molecule has 3 atom stereocenters. The summed E-state index contributed by atoms with van der Waals surface area (Å²) in [7, 11) is -3.13. The summed E-state index contributed by atoms with van der Waals surface area (Å²) in [4.78, 5) is 11.0. The molecule has 18 heavy (non-hydrogen) atoms. The zero-order valence-electron chi connectivity index (χ0n) is 10.7. The lowest BCUT2D eigenvalue weighted by atomic mass is 10.1. The summed E-state index contributed by atoms with van der Waals surface area (Å²) in [6, 6.07) is 7.91. The topological polar surface area (TPSA) is 51.2 Å². The van der Waals surface area contributed by atoms with Crippen molar-refractivity contribution in [2.75, 3.05) is 5.75 Å². The second-order valence-electron chi connectivity index (χ2n) is 4.75. The van der Waals surface area contributed by atoms with Crippen molar-refractivity contribution in [1.82, 2.24) is 0 Å². The zero-order chi connectivity index (χ0) is 13.3. The van der Waals surface area contributed by atoms with Crippen molar-refractivity contribution in [3.8, 4) is 0 Å². The van der Waals surface area contributed by atoms with Gasteiger partial charge in [-0.3, -0.25) is 0 Å². The van der Waals surface area contributed by atoms with Gasteiger partial charge >= 0.3 is 0 Å². The van der Waals surface area contributed by atoms with E-state index in [0.29, 0.717) is 0 Å². The molecule has 0 heterocycles. The van der Waals surface area contributed by atoms with E-state index >= 15 is 0 Å². The molecule has 1 aromatic rings. The monoisotopic (exact) mass is 266 g/mol. The Morgan fingerprint density at radius 3 is 2.22 bits per heavy atom. The fourth-order valence-electron chi connectivity index (χ4n) is 2.51. The maximum absolute atomic E-state index is 11.9. The molecular formula is C14H18O3S. The van der Waals surface area contributed by atoms with Crippen LogP contribution in [0.5, 0.6) is 0 Å². The highest BCUT2D eigenvalue weighted by Gasteiger charge is 2.57. The predicted octanol–water partition coefficient (Wildman–Crippen LogP) is 1.96. The molecule has 0 radical (unpaired) electrons. The Kier molecular flexibility index (Phi) is 3.57. The number of sulfone groups is 1. The molecule has 0 spiro atoms. The number of benzene rings is 1. The van der Waals surface area contributed by atoms with Crippen LogP contribution in [-0.4, -0.2) is 25.7 Å². The molecule has 0 unspecified atom stereocenters. The Morgan fingerprint density at radius 2 is 1.78 bits per heavy atom. The van der Waals surface area contributed by atoms with Gasteiger partial charge in [-0.1, -0.05) is 38.1 Å². The Balaban J connectivity index is 2.26. The van der Waals surface area contributed by atoms with Crippen molar-refractivity contribution in [1.29, 1.82) is 0 Å². The average Bonchev–Trinajstić information content (AvgIpc) is 3.14. The lowest BCUT2D eigenvalue weighted by molar-refractivity contribution is -0.108. The van der Waals surface area contributed by atoms with Crippen LogP contribution >= 0.6 is 0 Å². The van der Waals surface area contributed by atoms with Gasteiger partial charge in [-0.15, -0.1) is 0 Å². The van der Waals surface area contributed by atoms with Crippen molar-refractivity contribution in [3.05, 3.63) is 35.4 Å². The van der Waals surface area contributed by atoms with Gasteiger partial charge in [0.05, 0.1) is 5.25 Å². The molecule has 1 aliphatic carbocycles. The van der Waals surface area contributed by atoms with Crippen molar-refractivity contribution in [2.45, 2.75) is 31.4 Å². The van der Waals surface area contributed by atoms with Gasteiger partial charge in [0.2, 0.25) is 0 Å². The first kappa shape index (κ1) is 13.3. The number of aryl methyl sites for hydroxylation is 1. The lowest BCUT2D eigenvalue weighted by Crippen LogP contribution is -2.12. The van der Waals surface area contributed by atoms with Gasteiger partial charge < -0.3 is 4.79 Å². The zero-order valence-corrected chi connectivity index (χ0v) is 11.5. The number of hydrogen-bond acceptors (Lipinski definition) is 3. The molecule has 0 bridgehead atoms. The van der Waals surface area contributed by atoms with E-state index in [2.05, 4.69) is 6.92 Å². The first-order chi connectivity index (χ1) is 8.55. The first-order valence-electron chi connectivity index (χ1n) is 6.30. The van der Waals surface area contributed by atoms with E-state index < -0.39 is 15.1 Å². The largest absolute Gasteiger partial charge is 0.303 e. The summed E-state index contributed by atoms with van der Waals surface area (Å²) in [5.74, 6) is -0.397. The number of aldehydes is 1. The van der Waals surface area contributed by atoms with Crippen LogP contribution in [0.1, 0.15) is 30.9 Å². The molecule has 2 rings (SSSR count). The van der Waals surface area contributed by atoms with Crippen LogP contribution in [0.3, 0.4) is 0 Å². The summed E-state index contributed by atoms with van der Waals surface area (Å²) < 4.78 is 23.8. The van der Waals surface area contributed by atoms with Crippen LogP contribution in [0.15, 0.2) is 24.3 Å². The van der Waals surface area contributed by atoms with E-state index in [1.807, 2.05) is 24.3 Å². The second kappa shape index (κ2) is 4.84. The number of carbonyl (C=O) groups excluding carboxylic acids is 1. The highest BCUT2D eigenvalue weighted by molar-refractivity contribution is 7.92. The second-order valence-corrected chi connectivity index (χ2v) is 7.20. The van der Waals surface area contributed by atoms with Gasteiger partial charge in [-0.2, -0.15) is 0 Å². The lowest BCUT2D eigenvalue weighted by Gasteiger charge is -2.02. The standard InChI is InChI=1S/C14H18O3S/c1-3-10-5-7-11(8-6-10)13-12(9-15)14(13)18(16,17)4-2/h5-9,12-14H,3-4H2,1-2H3/t12-,13+,14+/m1/s1. The minimum atomic E-state index is -3.13. The molecule has 3 nitrogen and oxygen atoms in total. The molecule has 4 heteroatoms. The summed E-state index contributed by atoms with van der Waals surface area (Å²) >= 11 is 0. The molecule has 0 N–H and O–H groups in total. The summed E-state index contributed by atoms with van der Waals surface area (Å²) in [6.07, 6.45) is 1.75. The Bertz CT molecular complexity index is 531. The first-order valence-corrected chi connectivity index (χ1v) is 8.02. The molecule has 0 aliphatic heterocycles. The third kappa shape index (κ3) is 2.21. The van der Waals surface area contributed by atoms with Crippen molar-refractivity contribution >= 4 is 16.1 Å². The normalized spacial score (nSPS) is 26.9. The van der Waals surface area contributed by atoms with Gasteiger partial charge in [-0.25, -0.2) is 8.42 Å². The van der Waals surface area contributed by atoms with E-state index in [1.54, 1.807) is 6.92 Å². The minimum Gasteiger partial charge on any atom is -0.303 e. The SMILES string of the molecule is CCc1ccc([C@H]2[C@@H](C=O)[C@@H]2S(=O)(=O)CC)cc1. The van der Waals surface area contributed by atoms with Crippen LogP contribution < -0.4 is 0 Å². The van der Waals surface area contributed by atoms with E-state index in [1.165, 1.54) is 5.56 Å². The van der Waals surface area contributed by atoms with Crippen LogP contribution in [0.4, 0.5) is 0 Å². The minimum absolute atomic E-state index is 0.103. The van der Waals surface area contributed by atoms with Gasteiger partial charge in [0.25, 0.3) is 0 Å².